The number of methoxy groups -OCH3 is 2. The largest absolute Gasteiger partial charge is 0.493 e. The highest BCUT2D eigenvalue weighted by Crippen LogP contribution is 2.32. The average molecular weight is 428 g/mol. The fourth-order valence-electron chi connectivity index (χ4n) is 2.58. The van der Waals surface area contributed by atoms with Crippen LogP contribution in [-0.2, 0) is 14.3 Å². The van der Waals surface area contributed by atoms with Crippen molar-refractivity contribution in [3.63, 3.8) is 0 Å². The zero-order chi connectivity index (χ0) is 22.2. The monoisotopic (exact) mass is 428 g/mol. The number of ether oxygens (including phenoxy) is 5. The second kappa shape index (κ2) is 10.0. The molecule has 3 rings (SSSR count). The standard InChI is InChI=1S/C21H20N2O8/c1-27-15-7-5-14(10-17(15)28-2)21(26)23-22-19(24)11-29-20(25)8-4-13-3-6-16-18(9-13)31-12-30-16/h3-10H,11-12H2,1-2H3,(H,22,24)(H,23,26). The minimum absolute atomic E-state index is 0.155. The summed E-state index contributed by atoms with van der Waals surface area (Å²) in [7, 11) is 2.92. The molecular formula is C21H20N2O8. The first kappa shape index (κ1) is 21.5. The lowest BCUT2D eigenvalue weighted by atomic mass is 10.2. The molecule has 1 heterocycles. The number of amides is 2. The Morgan fingerprint density at radius 2 is 1.74 bits per heavy atom. The molecule has 162 valence electrons. The van der Waals surface area contributed by atoms with Crippen LogP contribution in [0, 0.1) is 0 Å². The van der Waals surface area contributed by atoms with Crippen molar-refractivity contribution in [1.82, 2.24) is 10.9 Å². The maximum absolute atomic E-state index is 12.1. The maximum atomic E-state index is 12.1. The molecule has 0 fully saturated rings. The van der Waals surface area contributed by atoms with Crippen LogP contribution < -0.4 is 29.8 Å². The summed E-state index contributed by atoms with van der Waals surface area (Å²) in [5.74, 6) is 0.0288. The van der Waals surface area contributed by atoms with Gasteiger partial charge in [0.25, 0.3) is 11.8 Å². The van der Waals surface area contributed by atoms with Gasteiger partial charge in [-0.25, -0.2) is 4.79 Å². The van der Waals surface area contributed by atoms with Gasteiger partial charge in [-0.1, -0.05) is 6.07 Å². The Labute approximate surface area is 177 Å². The van der Waals surface area contributed by atoms with Crippen LogP contribution in [0.1, 0.15) is 15.9 Å². The normalized spacial score (nSPS) is 11.7. The molecule has 0 bridgehead atoms. The van der Waals surface area contributed by atoms with Crippen LogP contribution in [0.25, 0.3) is 6.08 Å². The SMILES string of the molecule is COc1ccc(C(=O)NNC(=O)COC(=O)C=Cc2ccc3c(c2)OCO3)cc1OC. The van der Waals surface area contributed by atoms with Gasteiger partial charge in [0.2, 0.25) is 6.79 Å². The Morgan fingerprint density at radius 1 is 0.968 bits per heavy atom. The summed E-state index contributed by atoms with van der Waals surface area (Å²) in [5, 5.41) is 0. The molecule has 2 amide bonds. The Kier molecular flexibility index (Phi) is 6.94. The van der Waals surface area contributed by atoms with E-state index in [9.17, 15) is 14.4 Å². The minimum atomic E-state index is -0.723. The van der Waals surface area contributed by atoms with Gasteiger partial charge in [0.15, 0.2) is 29.6 Å². The van der Waals surface area contributed by atoms with Crippen LogP contribution >= 0.6 is 0 Å². The summed E-state index contributed by atoms with van der Waals surface area (Å²) in [6, 6.07) is 9.70. The van der Waals surface area contributed by atoms with E-state index in [0.29, 0.717) is 28.6 Å². The molecule has 31 heavy (non-hydrogen) atoms. The van der Waals surface area contributed by atoms with Crippen LogP contribution in [0.4, 0.5) is 0 Å². The summed E-state index contributed by atoms with van der Waals surface area (Å²) in [5.41, 5.74) is 5.32. The molecule has 0 aromatic heterocycles. The molecule has 2 N–H and O–H groups in total. The number of carbonyl (C=O) groups excluding carboxylic acids is 3. The van der Waals surface area contributed by atoms with Crippen LogP contribution in [0.15, 0.2) is 42.5 Å². The summed E-state index contributed by atoms with van der Waals surface area (Å²) >= 11 is 0. The minimum Gasteiger partial charge on any atom is -0.493 e. The number of rotatable bonds is 7. The molecule has 0 unspecified atom stereocenters. The van der Waals surface area contributed by atoms with E-state index < -0.39 is 24.4 Å². The average Bonchev–Trinajstić information content (AvgIpc) is 3.27. The number of carbonyl (C=O) groups is 3. The van der Waals surface area contributed by atoms with Gasteiger partial charge in [-0.15, -0.1) is 0 Å². The van der Waals surface area contributed by atoms with Crippen LogP contribution in [-0.4, -0.2) is 45.4 Å². The van der Waals surface area contributed by atoms with E-state index in [2.05, 4.69) is 10.9 Å². The van der Waals surface area contributed by atoms with E-state index in [4.69, 9.17) is 23.7 Å². The second-order valence-electron chi connectivity index (χ2n) is 6.13. The van der Waals surface area contributed by atoms with Gasteiger partial charge in [-0.05, 0) is 42.0 Å². The smallest absolute Gasteiger partial charge is 0.331 e. The number of hydrogen-bond acceptors (Lipinski definition) is 8. The summed E-state index contributed by atoms with van der Waals surface area (Å²) in [4.78, 5) is 35.7. The molecule has 2 aromatic rings. The molecule has 1 aliphatic heterocycles. The van der Waals surface area contributed by atoms with Gasteiger partial charge in [-0.2, -0.15) is 0 Å². The van der Waals surface area contributed by atoms with E-state index in [1.807, 2.05) is 0 Å². The van der Waals surface area contributed by atoms with Gasteiger partial charge in [0, 0.05) is 11.6 Å². The molecule has 0 saturated heterocycles. The Morgan fingerprint density at radius 3 is 2.52 bits per heavy atom. The van der Waals surface area contributed by atoms with Crippen molar-refractivity contribution in [2.75, 3.05) is 27.6 Å². The van der Waals surface area contributed by atoms with Crippen molar-refractivity contribution in [3.05, 3.63) is 53.6 Å². The molecule has 0 radical (unpaired) electrons. The van der Waals surface area contributed by atoms with Crippen LogP contribution in [0.3, 0.4) is 0 Å². The maximum Gasteiger partial charge on any atom is 0.331 e. The highest BCUT2D eigenvalue weighted by molar-refractivity contribution is 5.96. The molecule has 2 aromatic carbocycles. The zero-order valence-corrected chi connectivity index (χ0v) is 16.8. The molecule has 10 heteroatoms. The second-order valence-corrected chi connectivity index (χ2v) is 6.13. The molecule has 10 nitrogen and oxygen atoms in total. The number of hydrogen-bond donors (Lipinski definition) is 2. The quantitative estimate of drug-likeness (QED) is 0.386. The molecule has 0 saturated carbocycles. The third kappa shape index (κ3) is 5.66. The summed E-state index contributed by atoms with van der Waals surface area (Å²) in [6.07, 6.45) is 2.69. The number of fused-ring (bicyclic) bond motifs is 1. The third-order valence-corrected chi connectivity index (χ3v) is 4.12. The highest BCUT2D eigenvalue weighted by Gasteiger charge is 2.13. The van der Waals surface area contributed by atoms with Gasteiger partial charge >= 0.3 is 5.97 Å². The highest BCUT2D eigenvalue weighted by atomic mass is 16.7. The topological polar surface area (TPSA) is 121 Å². The van der Waals surface area contributed by atoms with E-state index in [-0.39, 0.29) is 12.4 Å². The number of hydrazine groups is 1. The number of esters is 1. The van der Waals surface area contributed by atoms with Crippen molar-refractivity contribution in [2.45, 2.75) is 0 Å². The first-order valence-electron chi connectivity index (χ1n) is 9.06. The predicted octanol–water partition coefficient (Wildman–Crippen LogP) is 1.45. The van der Waals surface area contributed by atoms with Gasteiger partial charge in [0.1, 0.15) is 0 Å². The molecule has 0 aliphatic carbocycles. The molecule has 0 atom stereocenters. The first-order valence-corrected chi connectivity index (χ1v) is 9.06. The van der Waals surface area contributed by atoms with Crippen molar-refractivity contribution < 1.29 is 38.1 Å². The van der Waals surface area contributed by atoms with Gasteiger partial charge in [0.05, 0.1) is 14.2 Å². The van der Waals surface area contributed by atoms with E-state index >= 15 is 0 Å². The lowest BCUT2D eigenvalue weighted by molar-refractivity contribution is -0.144. The summed E-state index contributed by atoms with van der Waals surface area (Å²) < 4.78 is 25.5. The lowest BCUT2D eigenvalue weighted by Gasteiger charge is -2.10. The van der Waals surface area contributed by atoms with Gasteiger partial charge < -0.3 is 23.7 Å². The number of benzene rings is 2. The van der Waals surface area contributed by atoms with Crippen molar-refractivity contribution in [3.8, 4) is 23.0 Å². The fourth-order valence-corrected chi connectivity index (χ4v) is 2.58. The Bertz CT molecular complexity index is 1020. The van der Waals surface area contributed by atoms with Crippen molar-refractivity contribution >= 4 is 23.9 Å². The van der Waals surface area contributed by atoms with Crippen LogP contribution in [0.2, 0.25) is 0 Å². The van der Waals surface area contributed by atoms with Crippen molar-refractivity contribution in [2.24, 2.45) is 0 Å². The van der Waals surface area contributed by atoms with E-state index in [0.717, 1.165) is 0 Å². The molecule has 1 aliphatic rings. The fraction of sp³-hybridized carbons (Fsp3) is 0.190. The molecular weight excluding hydrogens is 408 g/mol. The Hall–Kier alpha value is -4.21. The predicted molar refractivity (Wildman–Crippen MR) is 108 cm³/mol. The van der Waals surface area contributed by atoms with E-state index in [1.54, 1.807) is 24.3 Å². The summed E-state index contributed by atoms with van der Waals surface area (Å²) in [6.45, 7) is -0.418. The third-order valence-electron chi connectivity index (χ3n) is 4.12. The number of nitrogens with one attached hydrogen (secondary N) is 2. The van der Waals surface area contributed by atoms with Crippen molar-refractivity contribution in [1.29, 1.82) is 0 Å². The first-order chi connectivity index (χ1) is 15.0. The van der Waals surface area contributed by atoms with E-state index in [1.165, 1.54) is 38.5 Å². The van der Waals surface area contributed by atoms with Crippen LogP contribution in [0.5, 0.6) is 23.0 Å². The Balaban J connectivity index is 1.43. The zero-order valence-electron chi connectivity index (χ0n) is 16.8. The lowest BCUT2D eigenvalue weighted by Crippen LogP contribution is -2.43. The molecule has 0 spiro atoms. The van der Waals surface area contributed by atoms with Gasteiger partial charge in [-0.3, -0.25) is 20.4 Å².